The van der Waals surface area contributed by atoms with Gasteiger partial charge in [0.25, 0.3) is 5.91 Å². The molecule has 110 valence electrons. The number of hydrogen-bond donors (Lipinski definition) is 1. The Kier molecular flexibility index (Phi) is 5.53. The predicted molar refractivity (Wildman–Crippen MR) is 88.9 cm³/mol. The molecule has 0 heterocycles. The number of anilines is 1. The summed E-state index contributed by atoms with van der Waals surface area (Å²) in [5.74, 6) is -0.0985. The van der Waals surface area contributed by atoms with E-state index < -0.39 is 0 Å². The van der Waals surface area contributed by atoms with Crippen LogP contribution >= 0.6 is 15.9 Å². The van der Waals surface area contributed by atoms with Gasteiger partial charge < -0.3 is 10.1 Å². The van der Waals surface area contributed by atoms with Crippen LogP contribution in [0.5, 0.6) is 0 Å². The minimum absolute atomic E-state index is 0.0985. The summed E-state index contributed by atoms with van der Waals surface area (Å²) in [4.78, 5) is 12.4. The van der Waals surface area contributed by atoms with E-state index in [4.69, 9.17) is 4.74 Å². The second-order valence-electron chi connectivity index (χ2n) is 4.81. The molecular weight excluding hydrogens is 330 g/mol. The highest BCUT2D eigenvalue weighted by molar-refractivity contribution is 9.10. The van der Waals surface area contributed by atoms with E-state index in [0.29, 0.717) is 12.2 Å². The summed E-state index contributed by atoms with van der Waals surface area (Å²) in [6.07, 6.45) is 0.768. The van der Waals surface area contributed by atoms with Crippen LogP contribution in [0.15, 0.2) is 46.9 Å². The third-order valence-corrected chi connectivity index (χ3v) is 3.78. The summed E-state index contributed by atoms with van der Waals surface area (Å²) in [6, 6.07) is 13.5. The predicted octanol–water partition coefficient (Wildman–Crippen LogP) is 4.20. The first-order valence-electron chi connectivity index (χ1n) is 6.76. The molecule has 0 aliphatic rings. The fraction of sp³-hybridized carbons (Fsp3) is 0.235. The molecule has 1 amide bonds. The maximum atomic E-state index is 12.4. The molecule has 0 atom stereocenters. The molecular formula is C17H18BrNO2. The fourth-order valence-electron chi connectivity index (χ4n) is 2.10. The van der Waals surface area contributed by atoms with Gasteiger partial charge in [-0.25, -0.2) is 0 Å². The zero-order valence-corrected chi connectivity index (χ0v) is 13.7. The molecule has 0 unspecified atom stereocenters. The molecule has 4 heteroatoms. The molecule has 0 aromatic heterocycles. The lowest BCUT2D eigenvalue weighted by molar-refractivity contribution is 0.102. The number of hydrogen-bond acceptors (Lipinski definition) is 2. The van der Waals surface area contributed by atoms with Crippen LogP contribution in [0.3, 0.4) is 0 Å². The smallest absolute Gasteiger partial charge is 0.255 e. The molecule has 0 aliphatic heterocycles. The summed E-state index contributed by atoms with van der Waals surface area (Å²) in [5, 5.41) is 2.99. The Balaban J connectivity index is 2.21. The topological polar surface area (TPSA) is 38.3 Å². The highest BCUT2D eigenvalue weighted by Gasteiger charge is 2.11. The van der Waals surface area contributed by atoms with Crippen molar-refractivity contribution in [3.05, 3.63) is 63.6 Å². The average molecular weight is 348 g/mol. The van der Waals surface area contributed by atoms with Crippen LogP contribution in [0.2, 0.25) is 0 Å². The SMILES string of the molecule is COCCc1ccccc1NC(=O)c1cc(Br)ccc1C. The molecule has 3 nitrogen and oxygen atoms in total. The first-order valence-corrected chi connectivity index (χ1v) is 7.55. The van der Waals surface area contributed by atoms with Crippen molar-refractivity contribution in [2.24, 2.45) is 0 Å². The Morgan fingerprint density at radius 2 is 2.00 bits per heavy atom. The molecule has 0 aliphatic carbocycles. The zero-order chi connectivity index (χ0) is 15.2. The van der Waals surface area contributed by atoms with E-state index >= 15 is 0 Å². The lowest BCUT2D eigenvalue weighted by atomic mass is 10.1. The number of rotatable bonds is 5. The average Bonchev–Trinajstić information content (AvgIpc) is 2.48. The molecule has 21 heavy (non-hydrogen) atoms. The van der Waals surface area contributed by atoms with Crippen molar-refractivity contribution in [3.8, 4) is 0 Å². The van der Waals surface area contributed by atoms with Gasteiger partial charge in [0, 0.05) is 22.8 Å². The molecule has 1 N–H and O–H groups in total. The van der Waals surface area contributed by atoms with E-state index in [9.17, 15) is 4.79 Å². The fourth-order valence-corrected chi connectivity index (χ4v) is 2.46. The molecule has 0 bridgehead atoms. The van der Waals surface area contributed by atoms with Crippen LogP contribution in [0.25, 0.3) is 0 Å². The first-order chi connectivity index (χ1) is 10.1. The second-order valence-corrected chi connectivity index (χ2v) is 5.73. The summed E-state index contributed by atoms with van der Waals surface area (Å²) in [6.45, 7) is 2.56. The minimum Gasteiger partial charge on any atom is -0.384 e. The zero-order valence-electron chi connectivity index (χ0n) is 12.2. The third-order valence-electron chi connectivity index (χ3n) is 3.29. The van der Waals surface area contributed by atoms with Crippen LogP contribution in [0.4, 0.5) is 5.69 Å². The van der Waals surface area contributed by atoms with Crippen LogP contribution in [0.1, 0.15) is 21.5 Å². The van der Waals surface area contributed by atoms with Crippen molar-refractivity contribution in [1.29, 1.82) is 0 Å². The monoisotopic (exact) mass is 347 g/mol. The van der Waals surface area contributed by atoms with Crippen molar-refractivity contribution in [2.45, 2.75) is 13.3 Å². The minimum atomic E-state index is -0.0985. The molecule has 0 saturated carbocycles. The van der Waals surface area contributed by atoms with Gasteiger partial charge in [-0.05, 0) is 42.7 Å². The van der Waals surface area contributed by atoms with Gasteiger partial charge in [-0.15, -0.1) is 0 Å². The standard InChI is InChI=1S/C17H18BrNO2/c1-12-7-8-14(18)11-15(12)17(20)19-16-6-4-3-5-13(16)9-10-21-2/h3-8,11H,9-10H2,1-2H3,(H,19,20). The van der Waals surface area contributed by atoms with Gasteiger partial charge >= 0.3 is 0 Å². The van der Waals surface area contributed by atoms with E-state index in [2.05, 4.69) is 21.2 Å². The highest BCUT2D eigenvalue weighted by atomic mass is 79.9. The maximum absolute atomic E-state index is 12.4. The maximum Gasteiger partial charge on any atom is 0.255 e. The van der Waals surface area contributed by atoms with Crippen molar-refractivity contribution in [1.82, 2.24) is 0 Å². The number of benzene rings is 2. The summed E-state index contributed by atoms with van der Waals surface area (Å²) >= 11 is 3.40. The molecule has 0 fully saturated rings. The molecule has 0 radical (unpaired) electrons. The van der Waals surface area contributed by atoms with Crippen LogP contribution in [-0.4, -0.2) is 19.6 Å². The quantitative estimate of drug-likeness (QED) is 0.880. The van der Waals surface area contributed by atoms with Crippen molar-refractivity contribution >= 4 is 27.5 Å². The number of ether oxygens (including phenoxy) is 1. The summed E-state index contributed by atoms with van der Waals surface area (Å²) < 4.78 is 6.00. The number of nitrogens with one attached hydrogen (secondary N) is 1. The summed E-state index contributed by atoms with van der Waals surface area (Å²) in [5.41, 5.74) is 3.52. The van der Waals surface area contributed by atoms with Gasteiger partial charge in [0.2, 0.25) is 0 Å². The number of carbonyl (C=O) groups is 1. The van der Waals surface area contributed by atoms with E-state index in [-0.39, 0.29) is 5.91 Å². The molecule has 2 rings (SSSR count). The van der Waals surface area contributed by atoms with Crippen LogP contribution in [-0.2, 0) is 11.2 Å². The Hall–Kier alpha value is -1.65. The molecule has 2 aromatic carbocycles. The van der Waals surface area contributed by atoms with Crippen molar-refractivity contribution in [2.75, 3.05) is 19.0 Å². The summed E-state index contributed by atoms with van der Waals surface area (Å²) in [7, 11) is 1.67. The molecule has 2 aromatic rings. The van der Waals surface area contributed by atoms with Gasteiger partial charge in [0.1, 0.15) is 0 Å². The molecule has 0 spiro atoms. The van der Waals surface area contributed by atoms with Crippen molar-refractivity contribution < 1.29 is 9.53 Å². The van der Waals surface area contributed by atoms with Crippen LogP contribution in [0, 0.1) is 6.92 Å². The number of aryl methyl sites for hydroxylation is 1. The van der Waals surface area contributed by atoms with Gasteiger partial charge in [0.15, 0.2) is 0 Å². The largest absolute Gasteiger partial charge is 0.384 e. The number of para-hydroxylation sites is 1. The van der Waals surface area contributed by atoms with Gasteiger partial charge in [-0.3, -0.25) is 4.79 Å². The normalized spacial score (nSPS) is 10.4. The second kappa shape index (κ2) is 7.38. The Bertz CT molecular complexity index is 640. The highest BCUT2D eigenvalue weighted by Crippen LogP contribution is 2.20. The van der Waals surface area contributed by atoms with Crippen LogP contribution < -0.4 is 5.32 Å². The first kappa shape index (κ1) is 15.7. The number of methoxy groups -OCH3 is 1. The Labute approximate surface area is 133 Å². The van der Waals surface area contributed by atoms with Gasteiger partial charge in [-0.1, -0.05) is 40.2 Å². The number of amides is 1. The van der Waals surface area contributed by atoms with E-state index in [1.807, 2.05) is 49.4 Å². The molecule has 0 saturated heterocycles. The van der Waals surface area contributed by atoms with E-state index in [1.54, 1.807) is 7.11 Å². The van der Waals surface area contributed by atoms with E-state index in [0.717, 1.165) is 27.7 Å². The van der Waals surface area contributed by atoms with Gasteiger partial charge in [0.05, 0.1) is 6.61 Å². The number of halogens is 1. The lowest BCUT2D eigenvalue weighted by Crippen LogP contribution is -2.15. The van der Waals surface area contributed by atoms with Gasteiger partial charge in [-0.2, -0.15) is 0 Å². The van der Waals surface area contributed by atoms with E-state index in [1.165, 1.54) is 0 Å². The lowest BCUT2D eigenvalue weighted by Gasteiger charge is -2.12. The Morgan fingerprint density at radius 3 is 2.76 bits per heavy atom. The van der Waals surface area contributed by atoms with Crippen molar-refractivity contribution in [3.63, 3.8) is 0 Å². The Morgan fingerprint density at radius 1 is 1.24 bits per heavy atom. The number of carbonyl (C=O) groups excluding carboxylic acids is 1. The third kappa shape index (κ3) is 4.16.